The highest BCUT2D eigenvalue weighted by atomic mass is 35.5. The monoisotopic (exact) mass is 545 g/mol. The van der Waals surface area contributed by atoms with E-state index in [0.717, 1.165) is 49.8 Å². The zero-order valence-electron chi connectivity index (χ0n) is 20.3. The number of aromatic nitrogens is 1. The van der Waals surface area contributed by atoms with Gasteiger partial charge in [0.15, 0.2) is 5.11 Å². The van der Waals surface area contributed by atoms with Gasteiger partial charge in [-0.2, -0.15) is 0 Å². The summed E-state index contributed by atoms with van der Waals surface area (Å²) in [7, 11) is 0. The summed E-state index contributed by atoms with van der Waals surface area (Å²) in [5.41, 5.74) is 4.54. The first-order valence-corrected chi connectivity index (χ1v) is 13.5. The van der Waals surface area contributed by atoms with Crippen LogP contribution in [0.25, 0.3) is 17.0 Å². The molecule has 0 bridgehead atoms. The Morgan fingerprint density at radius 1 is 1.03 bits per heavy atom. The standard InChI is InChI=1S/C29H24ClN3O2S2/c1-18-7-12-25(19(2)15-18)33-28(35)24(27(34)31-29(33)36)16-20-17-32(26-6-4-3-5-23(20)26)13-14-37-22-10-8-21(30)9-11-22/h3-12,15-17H,13-14H2,1-2H3,(H,31,34,36)/b24-16+. The number of amides is 2. The minimum atomic E-state index is -0.494. The van der Waals surface area contributed by atoms with Gasteiger partial charge in [-0.15, -0.1) is 11.8 Å². The molecule has 0 spiro atoms. The van der Waals surface area contributed by atoms with Gasteiger partial charge in [-0.05, 0) is 74.1 Å². The quantitative estimate of drug-likeness (QED) is 0.129. The SMILES string of the molecule is Cc1ccc(N2C(=O)/C(=C/c3cn(CCSc4ccc(Cl)cc4)c4ccccc34)C(=O)NC2=S)c(C)c1. The molecule has 1 N–H and O–H groups in total. The molecule has 1 aromatic heterocycles. The molecule has 0 radical (unpaired) electrons. The highest BCUT2D eigenvalue weighted by Gasteiger charge is 2.35. The molecule has 0 saturated carbocycles. The first-order valence-electron chi connectivity index (χ1n) is 11.8. The largest absolute Gasteiger partial charge is 0.346 e. The summed E-state index contributed by atoms with van der Waals surface area (Å²) in [6.07, 6.45) is 3.66. The van der Waals surface area contributed by atoms with Crippen LogP contribution in [0.15, 0.2) is 83.4 Å². The molecule has 5 rings (SSSR count). The van der Waals surface area contributed by atoms with E-state index in [0.29, 0.717) is 5.69 Å². The molecular weight excluding hydrogens is 522 g/mol. The molecule has 1 aliphatic rings. The van der Waals surface area contributed by atoms with Crippen LogP contribution in [0.2, 0.25) is 5.02 Å². The van der Waals surface area contributed by atoms with Crippen molar-refractivity contribution in [2.24, 2.45) is 0 Å². The number of benzene rings is 3. The van der Waals surface area contributed by atoms with Crippen LogP contribution in [-0.4, -0.2) is 27.2 Å². The van der Waals surface area contributed by atoms with Crippen molar-refractivity contribution in [3.63, 3.8) is 0 Å². The number of rotatable bonds is 6. The number of carbonyl (C=O) groups is 2. The topological polar surface area (TPSA) is 54.3 Å². The first kappa shape index (κ1) is 25.3. The van der Waals surface area contributed by atoms with Crippen LogP contribution in [0.5, 0.6) is 0 Å². The number of halogens is 1. The van der Waals surface area contributed by atoms with E-state index in [1.807, 2.05) is 86.8 Å². The zero-order chi connectivity index (χ0) is 26.1. The second kappa shape index (κ2) is 10.5. The van der Waals surface area contributed by atoms with E-state index >= 15 is 0 Å². The lowest BCUT2D eigenvalue weighted by molar-refractivity contribution is -0.122. The van der Waals surface area contributed by atoms with E-state index in [2.05, 4.69) is 9.88 Å². The van der Waals surface area contributed by atoms with Gasteiger partial charge in [0.1, 0.15) is 5.57 Å². The van der Waals surface area contributed by atoms with Gasteiger partial charge in [-0.3, -0.25) is 19.8 Å². The van der Waals surface area contributed by atoms with Crippen LogP contribution in [-0.2, 0) is 16.1 Å². The van der Waals surface area contributed by atoms with Crippen molar-refractivity contribution >= 4 is 75.2 Å². The Hall–Kier alpha value is -3.39. The highest BCUT2D eigenvalue weighted by molar-refractivity contribution is 7.99. The van der Waals surface area contributed by atoms with Crippen LogP contribution < -0.4 is 10.2 Å². The van der Waals surface area contributed by atoms with Gasteiger partial charge in [0, 0.05) is 44.9 Å². The number of thioether (sulfide) groups is 1. The molecular formula is C29H24ClN3O2S2. The predicted molar refractivity (Wildman–Crippen MR) is 156 cm³/mol. The number of hydrogen-bond acceptors (Lipinski definition) is 4. The molecule has 1 fully saturated rings. The summed E-state index contributed by atoms with van der Waals surface area (Å²) in [4.78, 5) is 29.0. The van der Waals surface area contributed by atoms with Crippen LogP contribution >= 0.6 is 35.6 Å². The summed E-state index contributed by atoms with van der Waals surface area (Å²) in [6.45, 7) is 4.67. The molecule has 0 aliphatic carbocycles. The fourth-order valence-corrected chi connectivity index (χ4v) is 5.71. The number of nitrogens with zero attached hydrogens (tertiary/aromatic N) is 2. The lowest BCUT2D eigenvalue weighted by Gasteiger charge is -2.30. The molecule has 2 amide bonds. The molecule has 1 saturated heterocycles. The number of anilines is 1. The molecule has 0 unspecified atom stereocenters. The third-order valence-corrected chi connectivity index (χ3v) is 7.76. The van der Waals surface area contributed by atoms with Crippen molar-refractivity contribution in [3.05, 3.63) is 100 Å². The van der Waals surface area contributed by atoms with Gasteiger partial charge in [0.2, 0.25) is 0 Å². The average Bonchev–Trinajstić information content (AvgIpc) is 3.21. The summed E-state index contributed by atoms with van der Waals surface area (Å²) in [5.74, 6) is -0.0771. The Labute approximate surface area is 230 Å². The van der Waals surface area contributed by atoms with Crippen molar-refractivity contribution in [1.82, 2.24) is 9.88 Å². The molecule has 3 aromatic carbocycles. The van der Waals surface area contributed by atoms with Crippen molar-refractivity contribution in [2.75, 3.05) is 10.7 Å². The summed E-state index contributed by atoms with van der Waals surface area (Å²) in [6, 6.07) is 21.6. The van der Waals surface area contributed by atoms with Gasteiger partial charge >= 0.3 is 0 Å². The molecule has 5 nitrogen and oxygen atoms in total. The van der Waals surface area contributed by atoms with Gasteiger partial charge in [-0.25, -0.2) is 0 Å². The van der Waals surface area contributed by atoms with E-state index < -0.39 is 11.8 Å². The van der Waals surface area contributed by atoms with Crippen molar-refractivity contribution < 1.29 is 9.59 Å². The number of para-hydroxylation sites is 1. The third kappa shape index (κ3) is 5.21. The Kier molecular flexibility index (Phi) is 7.20. The van der Waals surface area contributed by atoms with Crippen LogP contribution in [0.4, 0.5) is 5.69 Å². The number of nitrogens with one attached hydrogen (secondary N) is 1. The lowest BCUT2D eigenvalue weighted by atomic mass is 10.0. The highest BCUT2D eigenvalue weighted by Crippen LogP contribution is 2.29. The maximum Gasteiger partial charge on any atom is 0.270 e. The normalized spacial score (nSPS) is 15.1. The molecule has 4 aromatic rings. The number of fused-ring (bicyclic) bond motifs is 1. The zero-order valence-corrected chi connectivity index (χ0v) is 22.7. The van der Waals surface area contributed by atoms with Crippen LogP contribution in [0.1, 0.15) is 16.7 Å². The van der Waals surface area contributed by atoms with Crippen molar-refractivity contribution in [3.8, 4) is 0 Å². The number of carbonyl (C=O) groups excluding carboxylic acids is 2. The summed E-state index contributed by atoms with van der Waals surface area (Å²) >= 11 is 13.1. The first-order chi connectivity index (χ1) is 17.8. The predicted octanol–water partition coefficient (Wildman–Crippen LogP) is 6.54. The molecule has 2 heterocycles. The van der Waals surface area contributed by atoms with Crippen LogP contribution in [0.3, 0.4) is 0 Å². The van der Waals surface area contributed by atoms with Crippen molar-refractivity contribution in [2.45, 2.75) is 25.3 Å². The maximum absolute atomic E-state index is 13.6. The smallest absolute Gasteiger partial charge is 0.270 e. The number of thiocarbonyl (C=S) groups is 1. The van der Waals surface area contributed by atoms with Gasteiger partial charge in [0.25, 0.3) is 11.8 Å². The summed E-state index contributed by atoms with van der Waals surface area (Å²) < 4.78 is 2.16. The molecule has 1 aliphatic heterocycles. The van der Waals surface area contributed by atoms with Gasteiger partial charge in [-0.1, -0.05) is 47.5 Å². The Morgan fingerprint density at radius 2 is 1.78 bits per heavy atom. The Morgan fingerprint density at radius 3 is 2.54 bits per heavy atom. The second-order valence-corrected chi connectivity index (χ2v) is 10.8. The number of aryl methyl sites for hydroxylation is 3. The Bertz CT molecular complexity index is 1570. The van der Waals surface area contributed by atoms with E-state index in [4.69, 9.17) is 23.8 Å². The molecule has 0 atom stereocenters. The number of hydrogen-bond donors (Lipinski definition) is 1. The lowest BCUT2D eigenvalue weighted by Crippen LogP contribution is -2.54. The van der Waals surface area contributed by atoms with Gasteiger partial charge < -0.3 is 4.57 Å². The molecule has 186 valence electrons. The van der Waals surface area contributed by atoms with E-state index in [1.165, 1.54) is 4.90 Å². The second-order valence-electron chi connectivity index (χ2n) is 8.85. The fourth-order valence-electron chi connectivity index (χ4n) is 4.46. The molecule has 8 heteroatoms. The maximum atomic E-state index is 13.6. The third-order valence-electron chi connectivity index (χ3n) is 6.23. The molecule has 37 heavy (non-hydrogen) atoms. The minimum absolute atomic E-state index is 0.0482. The van der Waals surface area contributed by atoms with Crippen LogP contribution in [0, 0.1) is 13.8 Å². The van der Waals surface area contributed by atoms with E-state index in [9.17, 15) is 9.59 Å². The average molecular weight is 546 g/mol. The van der Waals surface area contributed by atoms with Crippen molar-refractivity contribution in [1.29, 1.82) is 0 Å². The summed E-state index contributed by atoms with van der Waals surface area (Å²) in [5, 5.41) is 4.47. The minimum Gasteiger partial charge on any atom is -0.346 e. The fraction of sp³-hybridized carbons (Fsp3) is 0.138. The van der Waals surface area contributed by atoms with E-state index in [-0.39, 0.29) is 10.7 Å². The van der Waals surface area contributed by atoms with Gasteiger partial charge in [0.05, 0.1) is 5.69 Å². The van der Waals surface area contributed by atoms with E-state index in [1.54, 1.807) is 17.8 Å². The Balaban J connectivity index is 1.46.